The molecule has 0 spiro atoms. The van der Waals surface area contributed by atoms with Crippen molar-refractivity contribution in [1.82, 2.24) is 9.55 Å². The summed E-state index contributed by atoms with van der Waals surface area (Å²) in [6, 6.07) is 9.07. The number of rotatable bonds is 3. The number of anilines is 1. The molecule has 0 atom stereocenters. The predicted octanol–water partition coefficient (Wildman–Crippen LogP) is 2.15. The molecule has 0 aliphatic carbocycles. The Kier molecular flexibility index (Phi) is 3.58. The van der Waals surface area contributed by atoms with Gasteiger partial charge >= 0.3 is 0 Å². The van der Waals surface area contributed by atoms with E-state index in [0.29, 0.717) is 6.54 Å². The van der Waals surface area contributed by atoms with Gasteiger partial charge in [0, 0.05) is 19.3 Å². The maximum Gasteiger partial charge on any atom is 0.250 e. The van der Waals surface area contributed by atoms with Crippen LogP contribution in [-0.2, 0) is 13.6 Å². The van der Waals surface area contributed by atoms with Gasteiger partial charge in [-0.1, -0.05) is 6.07 Å². The molecule has 0 unspecified atom stereocenters. The highest BCUT2D eigenvalue weighted by atomic mass is 79.9. The van der Waals surface area contributed by atoms with Crippen LogP contribution in [0.5, 0.6) is 0 Å². The summed E-state index contributed by atoms with van der Waals surface area (Å²) < 4.78 is 2.36. The standard InChI is InChI=1S/C12H12BrN3O/c1-16-8-10(5-6-12(16)17)14-7-9-3-2-4-11(13)15-9/h2-6,8,14H,7H2,1H3. The zero-order valence-electron chi connectivity index (χ0n) is 9.35. The lowest BCUT2D eigenvalue weighted by molar-refractivity contribution is 0.858. The molecular formula is C12H12BrN3O. The smallest absolute Gasteiger partial charge is 0.250 e. The van der Waals surface area contributed by atoms with Gasteiger partial charge in [-0.2, -0.15) is 0 Å². The first-order valence-corrected chi connectivity index (χ1v) is 5.96. The molecule has 0 saturated heterocycles. The molecule has 2 aromatic heterocycles. The molecule has 2 heterocycles. The summed E-state index contributed by atoms with van der Waals surface area (Å²) in [5.74, 6) is 0. The summed E-state index contributed by atoms with van der Waals surface area (Å²) >= 11 is 3.33. The molecule has 0 aromatic carbocycles. The summed E-state index contributed by atoms with van der Waals surface area (Å²) in [7, 11) is 1.73. The molecule has 0 saturated carbocycles. The largest absolute Gasteiger partial charge is 0.378 e. The van der Waals surface area contributed by atoms with Crippen LogP contribution in [0.3, 0.4) is 0 Å². The fourth-order valence-electron chi connectivity index (χ4n) is 1.44. The second-order valence-corrected chi connectivity index (χ2v) is 4.48. The molecule has 0 radical (unpaired) electrons. The number of hydrogen-bond donors (Lipinski definition) is 1. The van der Waals surface area contributed by atoms with Crippen molar-refractivity contribution in [2.24, 2.45) is 7.05 Å². The monoisotopic (exact) mass is 293 g/mol. The molecule has 2 aromatic rings. The first-order chi connectivity index (χ1) is 8.15. The minimum atomic E-state index is -0.0175. The topological polar surface area (TPSA) is 46.9 Å². The molecule has 0 bridgehead atoms. The molecule has 17 heavy (non-hydrogen) atoms. The lowest BCUT2D eigenvalue weighted by Crippen LogP contribution is -2.15. The molecule has 0 amide bonds. The van der Waals surface area contributed by atoms with Crippen LogP contribution >= 0.6 is 15.9 Å². The van der Waals surface area contributed by atoms with Gasteiger partial charge in [0.2, 0.25) is 5.56 Å². The van der Waals surface area contributed by atoms with Gasteiger partial charge in [-0.25, -0.2) is 4.98 Å². The van der Waals surface area contributed by atoms with Crippen molar-refractivity contribution >= 4 is 21.6 Å². The van der Waals surface area contributed by atoms with E-state index in [0.717, 1.165) is 16.0 Å². The second-order valence-electron chi connectivity index (χ2n) is 3.67. The molecule has 5 heteroatoms. The van der Waals surface area contributed by atoms with Crippen LogP contribution in [0.15, 0.2) is 45.9 Å². The predicted molar refractivity (Wildman–Crippen MR) is 70.9 cm³/mol. The highest BCUT2D eigenvalue weighted by Gasteiger charge is 1.97. The Labute approximate surface area is 107 Å². The van der Waals surface area contributed by atoms with Crippen LogP contribution in [0.1, 0.15) is 5.69 Å². The van der Waals surface area contributed by atoms with Crippen LogP contribution < -0.4 is 10.9 Å². The van der Waals surface area contributed by atoms with E-state index in [2.05, 4.69) is 26.2 Å². The van der Waals surface area contributed by atoms with E-state index in [1.165, 1.54) is 10.6 Å². The van der Waals surface area contributed by atoms with Gasteiger partial charge in [0.1, 0.15) is 4.60 Å². The first-order valence-electron chi connectivity index (χ1n) is 5.17. The van der Waals surface area contributed by atoms with Crippen LogP contribution in [0.25, 0.3) is 0 Å². The van der Waals surface area contributed by atoms with Gasteiger partial charge in [0.15, 0.2) is 0 Å². The Morgan fingerprint density at radius 2 is 2.18 bits per heavy atom. The van der Waals surface area contributed by atoms with Gasteiger partial charge in [0.25, 0.3) is 0 Å². The van der Waals surface area contributed by atoms with E-state index < -0.39 is 0 Å². The van der Waals surface area contributed by atoms with Crippen molar-refractivity contribution in [1.29, 1.82) is 0 Å². The number of nitrogens with one attached hydrogen (secondary N) is 1. The summed E-state index contributed by atoms with van der Waals surface area (Å²) in [4.78, 5) is 15.5. The van der Waals surface area contributed by atoms with Crippen molar-refractivity contribution in [2.75, 3.05) is 5.32 Å². The fraction of sp³-hybridized carbons (Fsp3) is 0.167. The SMILES string of the molecule is Cn1cc(NCc2cccc(Br)n2)ccc1=O. The van der Waals surface area contributed by atoms with Crippen molar-refractivity contribution in [3.63, 3.8) is 0 Å². The molecule has 88 valence electrons. The average Bonchev–Trinajstić information content (AvgIpc) is 2.31. The Bertz CT molecular complexity index is 580. The third kappa shape index (κ3) is 3.17. The van der Waals surface area contributed by atoms with E-state index >= 15 is 0 Å². The van der Waals surface area contributed by atoms with Gasteiger partial charge < -0.3 is 9.88 Å². The van der Waals surface area contributed by atoms with Gasteiger partial charge in [-0.3, -0.25) is 4.79 Å². The number of nitrogens with zero attached hydrogens (tertiary/aromatic N) is 2. The minimum absolute atomic E-state index is 0.0175. The van der Waals surface area contributed by atoms with E-state index in [9.17, 15) is 4.79 Å². The molecule has 4 nitrogen and oxygen atoms in total. The quantitative estimate of drug-likeness (QED) is 0.882. The van der Waals surface area contributed by atoms with Crippen molar-refractivity contribution in [3.8, 4) is 0 Å². The van der Waals surface area contributed by atoms with Crippen LogP contribution in [0, 0.1) is 0 Å². The van der Waals surface area contributed by atoms with Crippen LogP contribution in [0.4, 0.5) is 5.69 Å². The lowest BCUT2D eigenvalue weighted by Gasteiger charge is -2.07. The average molecular weight is 294 g/mol. The Morgan fingerprint density at radius 3 is 2.88 bits per heavy atom. The molecule has 0 fully saturated rings. The van der Waals surface area contributed by atoms with Crippen molar-refractivity contribution in [3.05, 3.63) is 57.2 Å². The van der Waals surface area contributed by atoms with Gasteiger partial charge in [-0.05, 0) is 34.1 Å². The molecule has 2 rings (SSSR count). The Hall–Kier alpha value is -1.62. The van der Waals surface area contributed by atoms with Crippen LogP contribution in [-0.4, -0.2) is 9.55 Å². The summed E-state index contributed by atoms with van der Waals surface area (Å²) in [5.41, 5.74) is 1.82. The number of aromatic nitrogens is 2. The molecule has 0 aliphatic rings. The lowest BCUT2D eigenvalue weighted by atomic mass is 10.3. The first kappa shape index (κ1) is 11.9. The second kappa shape index (κ2) is 5.14. The maximum atomic E-state index is 11.2. The van der Waals surface area contributed by atoms with Gasteiger partial charge in [0.05, 0.1) is 17.9 Å². The highest BCUT2D eigenvalue weighted by molar-refractivity contribution is 9.10. The Morgan fingerprint density at radius 1 is 1.35 bits per heavy atom. The zero-order valence-corrected chi connectivity index (χ0v) is 10.9. The normalized spacial score (nSPS) is 10.2. The number of pyridine rings is 2. The number of hydrogen-bond acceptors (Lipinski definition) is 3. The van der Waals surface area contributed by atoms with Crippen molar-refractivity contribution in [2.45, 2.75) is 6.54 Å². The van der Waals surface area contributed by atoms with Crippen LogP contribution in [0.2, 0.25) is 0 Å². The summed E-state index contributed by atoms with van der Waals surface area (Å²) in [5, 5.41) is 3.21. The van der Waals surface area contributed by atoms with Crippen molar-refractivity contribution < 1.29 is 0 Å². The zero-order chi connectivity index (χ0) is 12.3. The summed E-state index contributed by atoms with van der Waals surface area (Å²) in [6.45, 7) is 0.623. The summed E-state index contributed by atoms with van der Waals surface area (Å²) in [6.07, 6.45) is 1.76. The highest BCUT2D eigenvalue weighted by Crippen LogP contribution is 2.09. The fourth-order valence-corrected chi connectivity index (χ4v) is 1.82. The van der Waals surface area contributed by atoms with E-state index in [-0.39, 0.29) is 5.56 Å². The van der Waals surface area contributed by atoms with Gasteiger partial charge in [-0.15, -0.1) is 0 Å². The van der Waals surface area contributed by atoms with E-state index in [1.54, 1.807) is 19.3 Å². The molecular weight excluding hydrogens is 282 g/mol. The minimum Gasteiger partial charge on any atom is -0.378 e. The third-order valence-corrected chi connectivity index (χ3v) is 2.77. The van der Waals surface area contributed by atoms with E-state index in [4.69, 9.17) is 0 Å². The third-order valence-electron chi connectivity index (χ3n) is 2.33. The molecule has 1 N–H and O–H groups in total. The Balaban J connectivity index is 2.07. The van der Waals surface area contributed by atoms with E-state index in [1.807, 2.05) is 18.2 Å². The number of halogens is 1. The molecule has 0 aliphatic heterocycles. The number of aryl methyl sites for hydroxylation is 1. The maximum absolute atomic E-state index is 11.2.